The van der Waals surface area contributed by atoms with Crippen molar-refractivity contribution < 1.29 is 19.1 Å². The number of imide groups is 1. The van der Waals surface area contributed by atoms with E-state index in [0.29, 0.717) is 13.2 Å². The van der Waals surface area contributed by atoms with Gasteiger partial charge in [-0.25, -0.2) is 0 Å². The molecule has 1 aliphatic rings. The lowest BCUT2D eigenvalue weighted by atomic mass is 10.2. The Kier molecular flexibility index (Phi) is 4.41. The quantitative estimate of drug-likeness (QED) is 0.576. The molecule has 7 heteroatoms. The average Bonchev–Trinajstić information content (AvgIpc) is 2.70. The van der Waals surface area contributed by atoms with Gasteiger partial charge >= 0.3 is 0 Å². The lowest BCUT2D eigenvalue weighted by Crippen LogP contribution is -2.35. The Hall–Kier alpha value is -2.28. The first-order valence-electron chi connectivity index (χ1n) is 6.22. The molecule has 0 unspecified atom stereocenters. The molecule has 20 heavy (non-hydrogen) atoms. The van der Waals surface area contributed by atoms with E-state index in [1.807, 2.05) is 0 Å². The monoisotopic (exact) mass is 277 g/mol. The van der Waals surface area contributed by atoms with Gasteiger partial charge in [-0.05, 0) is 12.1 Å². The molecule has 1 N–H and O–H groups in total. The fourth-order valence-electron chi connectivity index (χ4n) is 1.91. The summed E-state index contributed by atoms with van der Waals surface area (Å²) in [5, 5.41) is 2.63. The van der Waals surface area contributed by atoms with Gasteiger partial charge in [0.15, 0.2) is 0 Å². The Morgan fingerprint density at radius 2 is 2.20 bits per heavy atom. The third-order valence-electron chi connectivity index (χ3n) is 2.92. The minimum absolute atomic E-state index is 0.0485. The van der Waals surface area contributed by atoms with Crippen molar-refractivity contribution in [3.63, 3.8) is 0 Å². The second-order valence-electron chi connectivity index (χ2n) is 4.25. The molecule has 3 amide bonds. The molecule has 2 heterocycles. The molecule has 0 spiro atoms. The van der Waals surface area contributed by atoms with E-state index in [0.717, 1.165) is 4.90 Å². The van der Waals surface area contributed by atoms with Gasteiger partial charge in [0.2, 0.25) is 5.91 Å². The minimum Gasteiger partial charge on any atom is -0.383 e. The Bertz CT molecular complexity index is 509. The van der Waals surface area contributed by atoms with Crippen LogP contribution in [0.2, 0.25) is 0 Å². The summed E-state index contributed by atoms with van der Waals surface area (Å²) in [6.07, 6.45) is 1.53. The Morgan fingerprint density at radius 1 is 1.40 bits per heavy atom. The zero-order valence-electron chi connectivity index (χ0n) is 11.1. The number of hydrogen-bond acceptors (Lipinski definition) is 5. The van der Waals surface area contributed by atoms with Gasteiger partial charge in [-0.2, -0.15) is 0 Å². The summed E-state index contributed by atoms with van der Waals surface area (Å²) in [5.74, 6) is -1.08. The lowest BCUT2D eigenvalue weighted by molar-refractivity contribution is -0.121. The first-order valence-corrected chi connectivity index (χ1v) is 6.22. The van der Waals surface area contributed by atoms with Gasteiger partial charge in [0.25, 0.3) is 11.8 Å². The first-order chi connectivity index (χ1) is 9.65. The zero-order valence-corrected chi connectivity index (χ0v) is 11.1. The van der Waals surface area contributed by atoms with E-state index >= 15 is 0 Å². The molecule has 1 aliphatic heterocycles. The summed E-state index contributed by atoms with van der Waals surface area (Å²) < 4.78 is 4.80. The van der Waals surface area contributed by atoms with Gasteiger partial charge in [0.05, 0.1) is 12.2 Å². The molecule has 0 bridgehead atoms. The van der Waals surface area contributed by atoms with Crippen molar-refractivity contribution in [2.24, 2.45) is 0 Å². The van der Waals surface area contributed by atoms with Crippen LogP contribution in [0.15, 0.2) is 18.3 Å². The van der Waals surface area contributed by atoms with E-state index in [-0.39, 0.29) is 30.1 Å². The number of nitrogens with zero attached hydrogens (tertiary/aromatic N) is 2. The van der Waals surface area contributed by atoms with Crippen LogP contribution in [0, 0.1) is 0 Å². The molecule has 0 radical (unpaired) electrons. The maximum atomic E-state index is 12.0. The van der Waals surface area contributed by atoms with E-state index in [1.165, 1.54) is 13.3 Å². The number of carbonyl (C=O) groups is 3. The Morgan fingerprint density at radius 3 is 2.90 bits per heavy atom. The third kappa shape index (κ3) is 2.83. The number of aromatic nitrogens is 1. The summed E-state index contributed by atoms with van der Waals surface area (Å²) in [6, 6.07) is 3.16. The Balaban J connectivity index is 1.91. The zero-order chi connectivity index (χ0) is 14.5. The van der Waals surface area contributed by atoms with E-state index < -0.39 is 11.8 Å². The van der Waals surface area contributed by atoms with Crippen molar-refractivity contribution in [3.05, 3.63) is 29.6 Å². The molecule has 7 nitrogen and oxygen atoms in total. The summed E-state index contributed by atoms with van der Waals surface area (Å²) in [7, 11) is 1.54. The smallest absolute Gasteiger partial charge is 0.280 e. The predicted molar refractivity (Wildman–Crippen MR) is 69.1 cm³/mol. The number of ether oxygens (including phenoxy) is 1. The second-order valence-corrected chi connectivity index (χ2v) is 4.25. The molecule has 0 aromatic carbocycles. The van der Waals surface area contributed by atoms with Crippen molar-refractivity contribution >= 4 is 17.7 Å². The average molecular weight is 277 g/mol. The lowest BCUT2D eigenvalue weighted by Gasteiger charge is -2.13. The molecule has 0 saturated carbocycles. The molecule has 2 rings (SSSR count). The van der Waals surface area contributed by atoms with Crippen LogP contribution in [0.4, 0.5) is 0 Å². The van der Waals surface area contributed by atoms with Gasteiger partial charge < -0.3 is 10.1 Å². The molecule has 0 atom stereocenters. The summed E-state index contributed by atoms with van der Waals surface area (Å²) in [4.78, 5) is 40.4. The van der Waals surface area contributed by atoms with Crippen molar-refractivity contribution in [3.8, 4) is 0 Å². The SMILES string of the molecule is COCCNC(=O)CCN1C(=O)c2cccnc2C1=O. The van der Waals surface area contributed by atoms with Crippen LogP contribution in [0.5, 0.6) is 0 Å². The highest BCUT2D eigenvalue weighted by Gasteiger charge is 2.36. The normalized spacial score (nSPS) is 13.6. The van der Waals surface area contributed by atoms with Crippen LogP contribution in [-0.2, 0) is 9.53 Å². The number of pyridine rings is 1. The highest BCUT2D eigenvalue weighted by Crippen LogP contribution is 2.20. The summed E-state index contributed by atoms with van der Waals surface area (Å²) in [6.45, 7) is 0.870. The van der Waals surface area contributed by atoms with Gasteiger partial charge in [0, 0.05) is 32.8 Å². The number of amides is 3. The van der Waals surface area contributed by atoms with Gasteiger partial charge in [-0.3, -0.25) is 24.3 Å². The molecular formula is C13H15N3O4. The van der Waals surface area contributed by atoms with Crippen molar-refractivity contribution in [1.29, 1.82) is 0 Å². The minimum atomic E-state index is -0.449. The second kappa shape index (κ2) is 6.25. The predicted octanol–water partition coefficient (Wildman–Crippen LogP) is -0.170. The summed E-state index contributed by atoms with van der Waals surface area (Å²) >= 11 is 0. The number of hydrogen-bond donors (Lipinski definition) is 1. The molecule has 0 aliphatic carbocycles. The van der Waals surface area contributed by atoms with Crippen LogP contribution < -0.4 is 5.32 Å². The van der Waals surface area contributed by atoms with Crippen molar-refractivity contribution in [2.75, 3.05) is 26.8 Å². The van der Waals surface area contributed by atoms with E-state index in [2.05, 4.69) is 10.3 Å². The largest absolute Gasteiger partial charge is 0.383 e. The number of nitrogens with one attached hydrogen (secondary N) is 1. The molecule has 0 fully saturated rings. The van der Waals surface area contributed by atoms with E-state index in [4.69, 9.17) is 4.74 Å². The van der Waals surface area contributed by atoms with E-state index in [1.54, 1.807) is 12.1 Å². The van der Waals surface area contributed by atoms with Crippen LogP contribution >= 0.6 is 0 Å². The molecule has 1 aromatic rings. The molecule has 0 saturated heterocycles. The number of rotatable bonds is 6. The fourth-order valence-corrected chi connectivity index (χ4v) is 1.91. The molecule has 106 valence electrons. The van der Waals surface area contributed by atoms with Crippen LogP contribution in [-0.4, -0.2) is 54.4 Å². The topological polar surface area (TPSA) is 88.6 Å². The summed E-state index contributed by atoms with van der Waals surface area (Å²) in [5.41, 5.74) is 0.439. The van der Waals surface area contributed by atoms with E-state index in [9.17, 15) is 14.4 Å². The van der Waals surface area contributed by atoms with Crippen molar-refractivity contribution in [2.45, 2.75) is 6.42 Å². The maximum absolute atomic E-state index is 12.0. The Labute approximate surface area is 115 Å². The molecule has 1 aromatic heterocycles. The maximum Gasteiger partial charge on any atom is 0.280 e. The van der Waals surface area contributed by atoms with Crippen molar-refractivity contribution in [1.82, 2.24) is 15.2 Å². The van der Waals surface area contributed by atoms with Gasteiger partial charge in [0.1, 0.15) is 5.69 Å². The highest BCUT2D eigenvalue weighted by atomic mass is 16.5. The first kappa shape index (κ1) is 14.1. The van der Waals surface area contributed by atoms with Crippen LogP contribution in [0.25, 0.3) is 0 Å². The van der Waals surface area contributed by atoms with Crippen LogP contribution in [0.3, 0.4) is 0 Å². The third-order valence-corrected chi connectivity index (χ3v) is 2.92. The number of fused-ring (bicyclic) bond motifs is 1. The van der Waals surface area contributed by atoms with Crippen LogP contribution in [0.1, 0.15) is 27.3 Å². The highest BCUT2D eigenvalue weighted by molar-refractivity contribution is 6.20. The van der Waals surface area contributed by atoms with Gasteiger partial charge in [-0.15, -0.1) is 0 Å². The standard InChI is InChI=1S/C13H15N3O4/c1-20-8-6-14-10(17)4-7-16-12(18)9-3-2-5-15-11(9)13(16)19/h2-3,5H,4,6-8H2,1H3,(H,14,17). The molecular weight excluding hydrogens is 262 g/mol. The number of methoxy groups -OCH3 is 1. The van der Waals surface area contributed by atoms with Gasteiger partial charge in [-0.1, -0.05) is 0 Å². The number of carbonyl (C=O) groups excluding carboxylic acids is 3. The fraction of sp³-hybridized carbons (Fsp3) is 0.385.